The predicted molar refractivity (Wildman–Crippen MR) is 82.7 cm³/mol. The van der Waals surface area contributed by atoms with E-state index in [4.69, 9.17) is 4.74 Å². The maximum Gasteiger partial charge on any atom is 0.118 e. The molecule has 0 radical (unpaired) electrons. The Balaban J connectivity index is 1.75. The van der Waals surface area contributed by atoms with Gasteiger partial charge in [-0.2, -0.15) is 5.10 Å². The molecule has 6 nitrogen and oxygen atoms in total. The number of benzene rings is 1. The van der Waals surface area contributed by atoms with Gasteiger partial charge in [0.05, 0.1) is 37.1 Å². The van der Waals surface area contributed by atoms with E-state index in [1.165, 1.54) is 5.69 Å². The fourth-order valence-corrected chi connectivity index (χ4v) is 2.98. The maximum absolute atomic E-state index is 5.22. The monoisotopic (exact) mass is 295 g/mol. The Bertz CT molecular complexity index is 774. The van der Waals surface area contributed by atoms with Crippen molar-refractivity contribution in [1.82, 2.24) is 25.5 Å². The number of hydrogen-bond acceptors (Lipinski definition) is 4. The molecule has 0 aliphatic carbocycles. The van der Waals surface area contributed by atoms with Gasteiger partial charge in [-0.3, -0.25) is 5.10 Å². The number of imidazole rings is 1. The number of rotatable bonds is 3. The van der Waals surface area contributed by atoms with Crippen molar-refractivity contribution in [3.05, 3.63) is 53.7 Å². The molecule has 4 rings (SSSR count). The van der Waals surface area contributed by atoms with Gasteiger partial charge in [-0.15, -0.1) is 0 Å². The van der Waals surface area contributed by atoms with Gasteiger partial charge < -0.3 is 15.0 Å². The van der Waals surface area contributed by atoms with Gasteiger partial charge in [0, 0.05) is 29.8 Å². The van der Waals surface area contributed by atoms with Crippen molar-refractivity contribution in [1.29, 1.82) is 0 Å². The fourth-order valence-electron chi connectivity index (χ4n) is 2.98. The predicted octanol–water partition coefficient (Wildman–Crippen LogP) is 2.04. The lowest BCUT2D eigenvalue weighted by atomic mass is 9.96. The normalized spacial score (nSPS) is 17.2. The van der Waals surface area contributed by atoms with Gasteiger partial charge in [-0.05, 0) is 24.3 Å². The summed E-state index contributed by atoms with van der Waals surface area (Å²) in [5.74, 6) is 0.843. The first kappa shape index (κ1) is 13.1. The third-order valence-corrected chi connectivity index (χ3v) is 4.11. The molecule has 3 heterocycles. The zero-order chi connectivity index (χ0) is 14.9. The minimum Gasteiger partial charge on any atom is -0.497 e. The van der Waals surface area contributed by atoms with Crippen molar-refractivity contribution in [2.45, 2.75) is 12.5 Å². The Kier molecular flexibility index (Phi) is 3.16. The second-order valence-electron chi connectivity index (χ2n) is 5.33. The standard InChI is InChI=1S/C16H17N5O/c1-22-11-4-2-10(3-5-11)14-12(8-20-21-14)15-16-13(6-7-17-15)18-9-19-16/h2-5,8-9,15,17H,6-7H2,1H3,(H,18,19)(H,20,21)/t15-/m1/s1. The number of fused-ring (bicyclic) bond motifs is 1. The van der Waals surface area contributed by atoms with Crippen LogP contribution in [0.1, 0.15) is 23.0 Å². The average Bonchev–Trinajstić information content (AvgIpc) is 3.23. The summed E-state index contributed by atoms with van der Waals surface area (Å²) in [4.78, 5) is 7.70. The van der Waals surface area contributed by atoms with Crippen LogP contribution in [0.3, 0.4) is 0 Å². The number of H-pyrrole nitrogens is 2. The van der Waals surface area contributed by atoms with Crippen molar-refractivity contribution in [2.24, 2.45) is 0 Å². The minimum atomic E-state index is 0.0610. The number of aromatic amines is 2. The Hall–Kier alpha value is -2.60. The molecule has 1 atom stereocenters. The third-order valence-electron chi connectivity index (χ3n) is 4.11. The second kappa shape index (κ2) is 5.31. The van der Waals surface area contributed by atoms with Crippen molar-refractivity contribution in [3.63, 3.8) is 0 Å². The summed E-state index contributed by atoms with van der Waals surface area (Å²) >= 11 is 0. The highest BCUT2D eigenvalue weighted by Gasteiger charge is 2.27. The van der Waals surface area contributed by atoms with Crippen LogP contribution in [0.5, 0.6) is 5.75 Å². The van der Waals surface area contributed by atoms with Crippen molar-refractivity contribution in [3.8, 4) is 17.0 Å². The number of nitrogens with zero attached hydrogens (tertiary/aromatic N) is 2. The molecule has 0 spiro atoms. The SMILES string of the molecule is COc1ccc(-c2[nH]ncc2[C@H]2NCCc3[nH]cnc32)cc1. The summed E-state index contributed by atoms with van der Waals surface area (Å²) in [6, 6.07) is 8.03. The molecule has 1 aliphatic heterocycles. The summed E-state index contributed by atoms with van der Waals surface area (Å²) in [5.41, 5.74) is 5.46. The van der Waals surface area contributed by atoms with Gasteiger partial charge >= 0.3 is 0 Å². The van der Waals surface area contributed by atoms with E-state index in [2.05, 4.69) is 25.5 Å². The van der Waals surface area contributed by atoms with Gasteiger partial charge in [0.1, 0.15) is 5.75 Å². The molecule has 0 saturated heterocycles. The van der Waals surface area contributed by atoms with Crippen LogP contribution < -0.4 is 10.1 Å². The number of nitrogens with one attached hydrogen (secondary N) is 3. The highest BCUT2D eigenvalue weighted by Crippen LogP contribution is 2.32. The maximum atomic E-state index is 5.22. The second-order valence-corrected chi connectivity index (χ2v) is 5.33. The van der Waals surface area contributed by atoms with Gasteiger partial charge in [0.25, 0.3) is 0 Å². The van der Waals surface area contributed by atoms with E-state index >= 15 is 0 Å². The van der Waals surface area contributed by atoms with E-state index in [9.17, 15) is 0 Å². The summed E-state index contributed by atoms with van der Waals surface area (Å²) in [6.45, 7) is 0.924. The molecule has 112 valence electrons. The zero-order valence-corrected chi connectivity index (χ0v) is 12.3. The average molecular weight is 295 g/mol. The first-order valence-corrected chi connectivity index (χ1v) is 7.30. The Morgan fingerprint density at radius 2 is 2.09 bits per heavy atom. The molecule has 0 unspecified atom stereocenters. The van der Waals surface area contributed by atoms with Crippen LogP contribution in [0.15, 0.2) is 36.8 Å². The van der Waals surface area contributed by atoms with Crippen LogP contribution >= 0.6 is 0 Å². The van der Waals surface area contributed by atoms with Gasteiger partial charge in [-0.1, -0.05) is 0 Å². The lowest BCUT2D eigenvalue weighted by Crippen LogP contribution is -2.30. The minimum absolute atomic E-state index is 0.0610. The summed E-state index contributed by atoms with van der Waals surface area (Å²) in [5, 5.41) is 10.9. The van der Waals surface area contributed by atoms with Gasteiger partial charge in [-0.25, -0.2) is 4.98 Å². The van der Waals surface area contributed by atoms with E-state index in [-0.39, 0.29) is 6.04 Å². The molecule has 6 heteroatoms. The van der Waals surface area contributed by atoms with Crippen LogP contribution in [-0.4, -0.2) is 33.8 Å². The lowest BCUT2D eigenvalue weighted by molar-refractivity contribution is 0.415. The molecule has 22 heavy (non-hydrogen) atoms. The van der Waals surface area contributed by atoms with E-state index in [1.807, 2.05) is 30.5 Å². The molecule has 2 aromatic heterocycles. The van der Waals surface area contributed by atoms with Gasteiger partial charge in [0.2, 0.25) is 0 Å². The van der Waals surface area contributed by atoms with Crippen molar-refractivity contribution >= 4 is 0 Å². The largest absolute Gasteiger partial charge is 0.497 e. The van der Waals surface area contributed by atoms with Gasteiger partial charge in [0.15, 0.2) is 0 Å². The Labute approximate surface area is 127 Å². The fraction of sp³-hybridized carbons (Fsp3) is 0.250. The van der Waals surface area contributed by atoms with E-state index < -0.39 is 0 Å². The molecule has 0 saturated carbocycles. The van der Waals surface area contributed by atoms with Crippen molar-refractivity contribution < 1.29 is 4.74 Å². The molecule has 3 aromatic rings. The lowest BCUT2D eigenvalue weighted by Gasteiger charge is -2.23. The number of ether oxygens (including phenoxy) is 1. The van der Waals surface area contributed by atoms with Crippen LogP contribution in [0.2, 0.25) is 0 Å². The summed E-state index contributed by atoms with van der Waals surface area (Å²) < 4.78 is 5.22. The smallest absolute Gasteiger partial charge is 0.118 e. The molecule has 0 amide bonds. The Morgan fingerprint density at radius 1 is 1.23 bits per heavy atom. The zero-order valence-electron chi connectivity index (χ0n) is 12.3. The quantitative estimate of drug-likeness (QED) is 0.691. The van der Waals surface area contributed by atoms with Crippen LogP contribution in [-0.2, 0) is 6.42 Å². The molecular weight excluding hydrogens is 278 g/mol. The molecule has 1 aromatic carbocycles. The topological polar surface area (TPSA) is 78.6 Å². The first-order chi connectivity index (χ1) is 10.9. The number of methoxy groups -OCH3 is 1. The third kappa shape index (κ3) is 2.08. The molecule has 3 N–H and O–H groups in total. The van der Waals surface area contributed by atoms with Crippen LogP contribution in [0, 0.1) is 0 Å². The molecule has 1 aliphatic rings. The summed E-state index contributed by atoms with van der Waals surface area (Å²) in [7, 11) is 1.67. The molecule has 0 fully saturated rings. The number of aromatic nitrogens is 4. The summed E-state index contributed by atoms with van der Waals surface area (Å²) in [6.07, 6.45) is 4.61. The Morgan fingerprint density at radius 3 is 2.91 bits per heavy atom. The van der Waals surface area contributed by atoms with Crippen LogP contribution in [0.4, 0.5) is 0 Å². The molecule has 0 bridgehead atoms. The molecular formula is C16H17N5O. The number of hydrogen-bond donors (Lipinski definition) is 3. The van der Waals surface area contributed by atoms with Crippen LogP contribution in [0.25, 0.3) is 11.3 Å². The van der Waals surface area contributed by atoms with E-state index in [1.54, 1.807) is 13.4 Å². The van der Waals surface area contributed by atoms with Crippen molar-refractivity contribution in [2.75, 3.05) is 13.7 Å². The highest BCUT2D eigenvalue weighted by atomic mass is 16.5. The highest BCUT2D eigenvalue weighted by molar-refractivity contribution is 5.65. The van der Waals surface area contributed by atoms with E-state index in [0.717, 1.165) is 41.2 Å². The van der Waals surface area contributed by atoms with E-state index in [0.29, 0.717) is 0 Å². The first-order valence-electron chi connectivity index (χ1n) is 7.30.